The van der Waals surface area contributed by atoms with Gasteiger partial charge in [-0.1, -0.05) is 52.7 Å². The Morgan fingerprint density at radius 3 is 2.38 bits per heavy atom. The van der Waals surface area contributed by atoms with Crippen molar-refractivity contribution in [1.29, 1.82) is 0 Å². The lowest BCUT2D eigenvalue weighted by Gasteiger charge is -2.26. The Bertz CT molecular complexity index is 344. The van der Waals surface area contributed by atoms with Crippen molar-refractivity contribution in [2.24, 2.45) is 11.8 Å². The van der Waals surface area contributed by atoms with Crippen molar-refractivity contribution in [1.82, 2.24) is 5.09 Å². The van der Waals surface area contributed by atoms with Gasteiger partial charge in [0.1, 0.15) is 0 Å². The van der Waals surface area contributed by atoms with Crippen LogP contribution in [0, 0.1) is 11.8 Å². The predicted molar refractivity (Wildman–Crippen MR) is 93.8 cm³/mol. The summed E-state index contributed by atoms with van der Waals surface area (Å²) in [6, 6.07) is 0. The highest BCUT2D eigenvalue weighted by Crippen LogP contribution is 2.43. The van der Waals surface area contributed by atoms with Crippen molar-refractivity contribution < 1.29 is 9.46 Å². The van der Waals surface area contributed by atoms with Gasteiger partial charge in [0, 0.05) is 5.66 Å². The van der Waals surface area contributed by atoms with E-state index in [1.54, 1.807) is 7.05 Å². The summed E-state index contributed by atoms with van der Waals surface area (Å²) in [7, 11) is -1.61. The molecule has 0 aliphatic heterocycles. The minimum atomic E-state index is -3.17. The molecule has 4 heteroatoms. The minimum absolute atomic E-state index is 0.175. The van der Waals surface area contributed by atoms with Crippen LogP contribution in [0.2, 0.25) is 0 Å². The summed E-state index contributed by atoms with van der Waals surface area (Å²) < 4.78 is 11.9. The van der Waals surface area contributed by atoms with Crippen molar-refractivity contribution in [2.45, 2.75) is 78.3 Å². The highest BCUT2D eigenvalue weighted by Gasteiger charge is 2.26. The largest absolute Gasteiger partial charge is 0.333 e. The third kappa shape index (κ3) is 8.18. The zero-order valence-corrected chi connectivity index (χ0v) is 15.6. The van der Waals surface area contributed by atoms with Gasteiger partial charge in [-0.2, -0.15) is 0 Å². The quantitative estimate of drug-likeness (QED) is 0.376. The maximum absolute atomic E-state index is 11.9. The molecule has 0 aliphatic rings. The Morgan fingerprint density at radius 2 is 1.90 bits per heavy atom. The molecule has 0 saturated carbocycles. The second-order valence-electron chi connectivity index (χ2n) is 6.48. The highest BCUT2D eigenvalue weighted by atomic mass is 31.2. The summed E-state index contributed by atoms with van der Waals surface area (Å²) in [4.78, 5) is 9.77. The Hall–Kier alpha value is -0.110. The fourth-order valence-electron chi connectivity index (χ4n) is 2.78. The molecule has 0 spiro atoms. The summed E-state index contributed by atoms with van der Waals surface area (Å²) in [6.07, 6.45) is 7.66. The molecule has 0 bridgehead atoms. The standard InChI is InChI=1S/C17H36NO2P/c1-7-9-10-14(3)13-17(8-2)15(4)11-12-16(5)21(19,20)18-6/h15-17H,3,7-13H2,1-2,4-6H3,(H2,18,19,20). The molecule has 126 valence electrons. The normalized spacial score (nSPS) is 18.8. The first-order chi connectivity index (χ1) is 9.78. The summed E-state index contributed by atoms with van der Waals surface area (Å²) in [5.74, 6) is 1.22. The molecular weight excluding hydrogens is 281 g/mol. The molecule has 3 nitrogen and oxygen atoms in total. The molecule has 4 unspecified atom stereocenters. The van der Waals surface area contributed by atoms with E-state index < -0.39 is 7.52 Å². The molecule has 0 aliphatic carbocycles. The van der Waals surface area contributed by atoms with Gasteiger partial charge in [0.05, 0.1) is 0 Å². The predicted octanol–water partition coefficient (Wildman–Crippen LogP) is 5.36. The van der Waals surface area contributed by atoms with Crippen LogP contribution in [0.4, 0.5) is 0 Å². The maximum atomic E-state index is 11.9. The molecule has 0 aromatic carbocycles. The number of hydrogen-bond acceptors (Lipinski definition) is 1. The SMILES string of the molecule is C=C(CCCC)CC(CC)C(C)CCC(C)P(=O)(O)NC. The second kappa shape index (κ2) is 10.6. The molecule has 0 saturated heterocycles. The number of rotatable bonds is 12. The van der Waals surface area contributed by atoms with E-state index in [2.05, 4.69) is 32.4 Å². The first-order valence-electron chi connectivity index (χ1n) is 8.46. The van der Waals surface area contributed by atoms with E-state index in [9.17, 15) is 9.46 Å². The van der Waals surface area contributed by atoms with Gasteiger partial charge in [0.2, 0.25) is 0 Å². The molecule has 0 amide bonds. The highest BCUT2D eigenvalue weighted by molar-refractivity contribution is 7.56. The van der Waals surface area contributed by atoms with Gasteiger partial charge < -0.3 is 4.89 Å². The number of hydrogen-bond donors (Lipinski definition) is 2. The van der Waals surface area contributed by atoms with Crippen LogP contribution >= 0.6 is 7.52 Å². The van der Waals surface area contributed by atoms with E-state index in [-0.39, 0.29) is 5.66 Å². The fourth-order valence-corrected chi connectivity index (χ4v) is 3.72. The molecule has 2 N–H and O–H groups in total. The average Bonchev–Trinajstić information content (AvgIpc) is 2.47. The van der Waals surface area contributed by atoms with E-state index in [4.69, 9.17) is 0 Å². The minimum Gasteiger partial charge on any atom is -0.333 e. The lowest BCUT2D eigenvalue weighted by atomic mass is 9.82. The van der Waals surface area contributed by atoms with E-state index in [1.165, 1.54) is 18.4 Å². The first kappa shape index (κ1) is 20.9. The van der Waals surface area contributed by atoms with Gasteiger partial charge in [0.15, 0.2) is 0 Å². The Labute approximate surface area is 132 Å². The monoisotopic (exact) mass is 317 g/mol. The summed E-state index contributed by atoms with van der Waals surface area (Å²) in [5.41, 5.74) is 1.19. The van der Waals surface area contributed by atoms with Gasteiger partial charge in [-0.05, 0) is 51.0 Å². The molecule has 0 heterocycles. The van der Waals surface area contributed by atoms with Crippen LogP contribution < -0.4 is 5.09 Å². The maximum Gasteiger partial charge on any atom is 0.269 e. The van der Waals surface area contributed by atoms with E-state index in [0.29, 0.717) is 11.8 Å². The van der Waals surface area contributed by atoms with Crippen LogP contribution in [0.25, 0.3) is 0 Å². The van der Waals surface area contributed by atoms with Crippen molar-refractivity contribution in [3.8, 4) is 0 Å². The smallest absolute Gasteiger partial charge is 0.269 e. The zero-order chi connectivity index (χ0) is 16.5. The van der Waals surface area contributed by atoms with Crippen molar-refractivity contribution >= 4 is 7.52 Å². The summed E-state index contributed by atoms with van der Waals surface area (Å²) >= 11 is 0. The summed E-state index contributed by atoms with van der Waals surface area (Å²) in [6.45, 7) is 12.8. The van der Waals surface area contributed by atoms with Crippen molar-refractivity contribution in [3.05, 3.63) is 12.2 Å². The second-order valence-corrected chi connectivity index (χ2v) is 9.05. The molecule has 4 atom stereocenters. The van der Waals surface area contributed by atoms with Crippen LogP contribution in [0.3, 0.4) is 0 Å². The number of allylic oxidation sites excluding steroid dienone is 1. The molecule has 0 radical (unpaired) electrons. The van der Waals surface area contributed by atoms with Crippen LogP contribution in [0.15, 0.2) is 12.2 Å². The molecule has 0 aromatic rings. The van der Waals surface area contributed by atoms with E-state index in [0.717, 1.165) is 32.1 Å². The lowest BCUT2D eigenvalue weighted by molar-refractivity contribution is 0.313. The van der Waals surface area contributed by atoms with Crippen molar-refractivity contribution in [2.75, 3.05) is 7.05 Å². The molecule has 0 rings (SSSR count). The fraction of sp³-hybridized carbons (Fsp3) is 0.882. The third-order valence-electron chi connectivity index (χ3n) is 4.72. The summed E-state index contributed by atoms with van der Waals surface area (Å²) in [5, 5.41) is 2.56. The molecule has 0 fully saturated rings. The average molecular weight is 317 g/mol. The Balaban J connectivity index is 4.30. The van der Waals surface area contributed by atoms with Crippen LogP contribution in [0.5, 0.6) is 0 Å². The van der Waals surface area contributed by atoms with Gasteiger partial charge in [-0.25, -0.2) is 5.09 Å². The third-order valence-corrected chi connectivity index (χ3v) is 6.82. The Morgan fingerprint density at radius 1 is 1.29 bits per heavy atom. The van der Waals surface area contributed by atoms with Gasteiger partial charge in [-0.15, -0.1) is 0 Å². The number of nitrogens with one attached hydrogen (secondary N) is 1. The molecule has 21 heavy (non-hydrogen) atoms. The van der Waals surface area contributed by atoms with E-state index in [1.807, 2.05) is 6.92 Å². The van der Waals surface area contributed by atoms with Gasteiger partial charge in [0.25, 0.3) is 7.52 Å². The molecule has 0 aromatic heterocycles. The first-order valence-corrected chi connectivity index (χ1v) is 10.2. The van der Waals surface area contributed by atoms with Gasteiger partial charge >= 0.3 is 0 Å². The lowest BCUT2D eigenvalue weighted by Crippen LogP contribution is -2.18. The topological polar surface area (TPSA) is 49.3 Å². The van der Waals surface area contributed by atoms with Gasteiger partial charge in [-0.3, -0.25) is 4.57 Å². The van der Waals surface area contributed by atoms with Crippen LogP contribution in [0.1, 0.15) is 72.6 Å². The van der Waals surface area contributed by atoms with E-state index >= 15 is 0 Å². The molecular formula is C17H36NO2P. The zero-order valence-electron chi connectivity index (χ0n) is 14.7. The Kier molecular flexibility index (Phi) is 10.5. The van der Waals surface area contributed by atoms with Crippen LogP contribution in [-0.2, 0) is 4.57 Å². The van der Waals surface area contributed by atoms with Crippen LogP contribution in [-0.4, -0.2) is 17.6 Å². The van der Waals surface area contributed by atoms with Crippen molar-refractivity contribution in [3.63, 3.8) is 0 Å². The number of unbranched alkanes of at least 4 members (excludes halogenated alkanes) is 1.